The Bertz CT molecular complexity index is 897. The summed E-state index contributed by atoms with van der Waals surface area (Å²) in [5, 5.41) is 14.5. The summed E-state index contributed by atoms with van der Waals surface area (Å²) in [7, 11) is 0. The largest absolute Gasteiger partial charge is 0.454 e. The number of fused-ring (bicyclic) bond motifs is 1. The number of nitrogens with zero attached hydrogens (tertiary/aromatic N) is 4. The second kappa shape index (κ2) is 7.47. The minimum absolute atomic E-state index is 0.133. The van der Waals surface area contributed by atoms with Gasteiger partial charge >= 0.3 is 0 Å². The number of primary amides is 1. The molecule has 9 nitrogen and oxygen atoms in total. The number of pyridine rings is 1. The average molecular weight is 341 g/mol. The molecular formula is C16H19N7O2. The van der Waals surface area contributed by atoms with E-state index in [0.717, 1.165) is 11.5 Å². The monoisotopic (exact) mass is 341 g/mol. The molecule has 0 unspecified atom stereocenters. The first-order valence-corrected chi connectivity index (χ1v) is 7.86. The summed E-state index contributed by atoms with van der Waals surface area (Å²) in [6.07, 6.45) is 1.90. The van der Waals surface area contributed by atoms with E-state index in [1.165, 1.54) is 0 Å². The molecule has 1 amide bonds. The van der Waals surface area contributed by atoms with Crippen molar-refractivity contribution in [2.75, 3.05) is 6.54 Å². The zero-order valence-corrected chi connectivity index (χ0v) is 13.8. The van der Waals surface area contributed by atoms with Gasteiger partial charge in [0.15, 0.2) is 23.2 Å². The number of aromatic nitrogens is 3. The van der Waals surface area contributed by atoms with Crippen LogP contribution in [0.4, 0.5) is 0 Å². The quantitative estimate of drug-likeness (QED) is 0.447. The number of hydrogen-bond acceptors (Lipinski definition) is 5. The van der Waals surface area contributed by atoms with E-state index in [2.05, 4.69) is 25.8 Å². The molecule has 0 radical (unpaired) electrons. The number of furan rings is 1. The Morgan fingerprint density at radius 2 is 2.16 bits per heavy atom. The highest BCUT2D eigenvalue weighted by Gasteiger charge is 2.08. The zero-order valence-electron chi connectivity index (χ0n) is 13.8. The summed E-state index contributed by atoms with van der Waals surface area (Å²) < 4.78 is 7.22. The molecule has 0 spiro atoms. The number of guanidine groups is 1. The van der Waals surface area contributed by atoms with Crippen molar-refractivity contribution < 1.29 is 9.21 Å². The summed E-state index contributed by atoms with van der Waals surface area (Å²) >= 11 is 0. The molecule has 0 aliphatic heterocycles. The summed E-state index contributed by atoms with van der Waals surface area (Å²) in [6.45, 7) is 3.42. The maximum absolute atomic E-state index is 11.1. The second-order valence-corrected chi connectivity index (χ2v) is 5.22. The van der Waals surface area contributed by atoms with Crippen LogP contribution >= 0.6 is 0 Å². The first-order valence-electron chi connectivity index (χ1n) is 7.86. The average Bonchev–Trinajstić information content (AvgIpc) is 3.24. The van der Waals surface area contributed by atoms with Crippen molar-refractivity contribution in [1.82, 2.24) is 25.2 Å². The fraction of sp³-hybridized carbons (Fsp3) is 0.250. The number of aliphatic imine (C=N–C) groups is 1. The molecule has 3 aromatic rings. The van der Waals surface area contributed by atoms with Gasteiger partial charge < -0.3 is 20.8 Å². The first kappa shape index (κ1) is 16.5. The van der Waals surface area contributed by atoms with Gasteiger partial charge in [-0.05, 0) is 31.2 Å². The number of rotatable bonds is 6. The van der Waals surface area contributed by atoms with Crippen LogP contribution in [0.5, 0.6) is 0 Å². The van der Waals surface area contributed by atoms with Gasteiger partial charge in [-0.25, -0.2) is 4.99 Å². The van der Waals surface area contributed by atoms with Crippen LogP contribution in [0.2, 0.25) is 0 Å². The van der Waals surface area contributed by atoms with Crippen molar-refractivity contribution in [2.45, 2.75) is 20.0 Å². The van der Waals surface area contributed by atoms with Gasteiger partial charge in [-0.1, -0.05) is 6.07 Å². The van der Waals surface area contributed by atoms with E-state index in [1.54, 1.807) is 12.1 Å². The molecular weight excluding hydrogens is 322 g/mol. The lowest BCUT2D eigenvalue weighted by molar-refractivity contribution is 0.0972. The molecule has 0 fully saturated rings. The summed E-state index contributed by atoms with van der Waals surface area (Å²) in [6, 6.07) is 8.96. The number of nitrogens with two attached hydrogens (primary N) is 1. The van der Waals surface area contributed by atoms with Crippen molar-refractivity contribution in [3.05, 3.63) is 53.9 Å². The predicted molar refractivity (Wildman–Crippen MR) is 91.9 cm³/mol. The number of hydrogen-bond donors (Lipinski definition) is 3. The Morgan fingerprint density at radius 3 is 2.92 bits per heavy atom. The van der Waals surface area contributed by atoms with Gasteiger partial charge in [0, 0.05) is 12.7 Å². The lowest BCUT2D eigenvalue weighted by Crippen LogP contribution is -2.36. The van der Waals surface area contributed by atoms with Gasteiger partial charge in [0.2, 0.25) is 0 Å². The van der Waals surface area contributed by atoms with Crippen LogP contribution in [-0.4, -0.2) is 33.0 Å². The molecule has 3 rings (SSSR count). The topological polar surface area (TPSA) is 123 Å². The molecule has 3 aromatic heterocycles. The standard InChI is InChI=1S/C16H19N7O2/c1-2-18-16(19-9-11-6-7-12(25-11)15(17)24)20-10-14-22-21-13-5-3-4-8-23(13)14/h3-8H,2,9-10H2,1H3,(H2,17,24)(H2,18,19,20). The first-order chi connectivity index (χ1) is 12.2. The Labute approximate surface area is 143 Å². The van der Waals surface area contributed by atoms with Gasteiger partial charge in [-0.15, -0.1) is 10.2 Å². The normalized spacial score (nSPS) is 11.6. The van der Waals surface area contributed by atoms with Crippen molar-refractivity contribution >= 4 is 17.5 Å². The highest BCUT2D eigenvalue weighted by Crippen LogP contribution is 2.07. The Kier molecular flexibility index (Phi) is 4.93. The lowest BCUT2D eigenvalue weighted by Gasteiger charge is -2.09. The molecule has 0 saturated carbocycles. The maximum Gasteiger partial charge on any atom is 0.284 e. The van der Waals surface area contributed by atoms with E-state index in [-0.39, 0.29) is 5.76 Å². The fourth-order valence-corrected chi connectivity index (χ4v) is 2.27. The smallest absolute Gasteiger partial charge is 0.284 e. The van der Waals surface area contributed by atoms with E-state index in [1.807, 2.05) is 35.7 Å². The third kappa shape index (κ3) is 3.94. The van der Waals surface area contributed by atoms with Crippen molar-refractivity contribution in [3.8, 4) is 0 Å². The fourth-order valence-electron chi connectivity index (χ4n) is 2.27. The highest BCUT2D eigenvalue weighted by atomic mass is 16.3. The molecule has 0 aliphatic carbocycles. The Balaban J connectivity index is 1.67. The lowest BCUT2D eigenvalue weighted by atomic mass is 10.4. The molecule has 130 valence electrons. The van der Waals surface area contributed by atoms with Crippen molar-refractivity contribution in [2.24, 2.45) is 10.7 Å². The van der Waals surface area contributed by atoms with Crippen LogP contribution in [0, 0.1) is 0 Å². The predicted octanol–water partition coefficient (Wildman–Crippen LogP) is 0.676. The number of carbonyl (C=O) groups is 1. The van der Waals surface area contributed by atoms with Crippen LogP contribution in [0.3, 0.4) is 0 Å². The van der Waals surface area contributed by atoms with Gasteiger partial charge in [-0.2, -0.15) is 0 Å². The minimum Gasteiger partial charge on any atom is -0.454 e. The van der Waals surface area contributed by atoms with E-state index in [9.17, 15) is 4.79 Å². The maximum atomic E-state index is 11.1. The van der Waals surface area contributed by atoms with Gasteiger partial charge in [0.1, 0.15) is 12.3 Å². The molecule has 0 saturated heterocycles. The molecule has 0 atom stereocenters. The zero-order chi connectivity index (χ0) is 17.6. The third-order valence-electron chi connectivity index (χ3n) is 3.44. The third-order valence-corrected chi connectivity index (χ3v) is 3.44. The van der Waals surface area contributed by atoms with Crippen LogP contribution in [0.1, 0.15) is 29.1 Å². The molecule has 9 heteroatoms. The molecule has 3 heterocycles. The van der Waals surface area contributed by atoms with E-state index in [4.69, 9.17) is 10.2 Å². The SMILES string of the molecule is CCNC(=NCc1nnc2ccccn12)NCc1ccc(C(N)=O)o1. The van der Waals surface area contributed by atoms with Gasteiger partial charge in [-0.3, -0.25) is 9.20 Å². The molecule has 25 heavy (non-hydrogen) atoms. The summed E-state index contributed by atoms with van der Waals surface area (Å²) in [5.41, 5.74) is 5.95. The van der Waals surface area contributed by atoms with Crippen molar-refractivity contribution in [3.63, 3.8) is 0 Å². The number of carbonyl (C=O) groups excluding carboxylic acids is 1. The van der Waals surface area contributed by atoms with Crippen LogP contribution in [0.25, 0.3) is 5.65 Å². The summed E-state index contributed by atoms with van der Waals surface area (Å²) in [4.78, 5) is 15.6. The van der Waals surface area contributed by atoms with E-state index in [0.29, 0.717) is 31.4 Å². The second-order valence-electron chi connectivity index (χ2n) is 5.22. The van der Waals surface area contributed by atoms with Crippen molar-refractivity contribution in [1.29, 1.82) is 0 Å². The van der Waals surface area contributed by atoms with E-state index < -0.39 is 5.91 Å². The highest BCUT2D eigenvalue weighted by molar-refractivity contribution is 5.89. The van der Waals surface area contributed by atoms with Gasteiger partial charge in [0.25, 0.3) is 5.91 Å². The summed E-state index contributed by atoms with van der Waals surface area (Å²) in [5.74, 6) is 1.47. The number of nitrogens with one attached hydrogen (secondary N) is 2. The number of amides is 1. The Hall–Kier alpha value is -3.36. The van der Waals surface area contributed by atoms with E-state index >= 15 is 0 Å². The minimum atomic E-state index is -0.592. The molecule has 4 N–H and O–H groups in total. The molecule has 0 bridgehead atoms. The van der Waals surface area contributed by atoms with Crippen LogP contribution in [-0.2, 0) is 13.1 Å². The van der Waals surface area contributed by atoms with Crippen LogP contribution in [0.15, 0.2) is 45.9 Å². The van der Waals surface area contributed by atoms with Gasteiger partial charge in [0.05, 0.1) is 6.54 Å². The molecule has 0 aliphatic rings. The molecule has 0 aromatic carbocycles. The Morgan fingerprint density at radius 1 is 1.28 bits per heavy atom. The van der Waals surface area contributed by atoms with Crippen LogP contribution < -0.4 is 16.4 Å².